The summed E-state index contributed by atoms with van der Waals surface area (Å²) >= 11 is 0. The second-order valence-corrected chi connectivity index (χ2v) is 16.6. The van der Waals surface area contributed by atoms with Gasteiger partial charge in [0.1, 0.15) is 0 Å². The van der Waals surface area contributed by atoms with E-state index in [2.05, 4.69) is 118 Å². The van der Waals surface area contributed by atoms with Gasteiger partial charge in [-0.15, -0.1) is 0 Å². The maximum absolute atomic E-state index is 6.13. The molecule has 4 aromatic rings. The lowest BCUT2D eigenvalue weighted by atomic mass is 9.62. The van der Waals surface area contributed by atoms with Gasteiger partial charge in [0.15, 0.2) is 0 Å². The van der Waals surface area contributed by atoms with Crippen molar-refractivity contribution in [3.8, 4) is 0 Å². The number of nitrogen functional groups attached to an aromatic ring is 2. The first kappa shape index (κ1) is 40.7. The molecule has 2 nitrogen and oxygen atoms in total. The van der Waals surface area contributed by atoms with Gasteiger partial charge in [-0.25, -0.2) is 0 Å². The molecule has 0 amide bonds. The van der Waals surface area contributed by atoms with Crippen LogP contribution in [0.5, 0.6) is 0 Å². The van der Waals surface area contributed by atoms with Crippen LogP contribution < -0.4 is 11.5 Å². The van der Waals surface area contributed by atoms with Crippen LogP contribution in [0.1, 0.15) is 194 Å². The van der Waals surface area contributed by atoms with Crippen LogP contribution in [0, 0.1) is 5.92 Å². The highest BCUT2D eigenvalue weighted by molar-refractivity contribution is 5.47. The van der Waals surface area contributed by atoms with E-state index in [1.807, 2.05) is 0 Å². The van der Waals surface area contributed by atoms with Gasteiger partial charge in [0.2, 0.25) is 0 Å². The molecule has 5 rings (SSSR count). The first-order valence-corrected chi connectivity index (χ1v) is 21.9. The minimum absolute atomic E-state index is 0.0627. The van der Waals surface area contributed by atoms with E-state index in [0.717, 1.165) is 17.3 Å². The molecule has 0 spiro atoms. The molecule has 2 unspecified atom stereocenters. The predicted molar refractivity (Wildman–Crippen MR) is 232 cm³/mol. The Bertz CT molecular complexity index is 1450. The Labute approximate surface area is 324 Å². The number of benzene rings is 4. The first-order chi connectivity index (χ1) is 26.0. The lowest BCUT2D eigenvalue weighted by Gasteiger charge is -2.42. The van der Waals surface area contributed by atoms with Crippen molar-refractivity contribution in [2.75, 3.05) is 11.5 Å². The van der Waals surface area contributed by atoms with Crippen LogP contribution in [0.4, 0.5) is 11.4 Å². The van der Waals surface area contributed by atoms with Crippen LogP contribution in [0.2, 0.25) is 0 Å². The highest BCUT2D eigenvalue weighted by atomic mass is 14.5. The van der Waals surface area contributed by atoms with Crippen molar-refractivity contribution in [1.29, 1.82) is 0 Å². The molecule has 286 valence electrons. The van der Waals surface area contributed by atoms with Crippen molar-refractivity contribution >= 4 is 11.4 Å². The number of nitrogens with two attached hydrogens (primary N) is 2. The fourth-order valence-corrected chi connectivity index (χ4v) is 9.45. The molecular formula is C51H72N2. The molecule has 2 atom stereocenters. The van der Waals surface area contributed by atoms with Gasteiger partial charge >= 0.3 is 0 Å². The molecule has 53 heavy (non-hydrogen) atoms. The number of unbranched alkanes of at least 4 members (excludes halogenated alkanes) is 10. The van der Waals surface area contributed by atoms with E-state index >= 15 is 0 Å². The second-order valence-electron chi connectivity index (χ2n) is 16.6. The molecule has 1 saturated carbocycles. The third-order valence-corrected chi connectivity index (χ3v) is 12.8. The molecule has 0 bridgehead atoms. The van der Waals surface area contributed by atoms with E-state index in [1.54, 1.807) is 0 Å². The van der Waals surface area contributed by atoms with Crippen LogP contribution in [-0.2, 0) is 5.41 Å². The van der Waals surface area contributed by atoms with Gasteiger partial charge in [-0.2, -0.15) is 0 Å². The van der Waals surface area contributed by atoms with Gasteiger partial charge < -0.3 is 11.5 Å². The highest BCUT2D eigenvalue weighted by Crippen LogP contribution is 2.48. The van der Waals surface area contributed by atoms with Gasteiger partial charge in [0, 0.05) is 28.6 Å². The average molecular weight is 713 g/mol. The van der Waals surface area contributed by atoms with Crippen LogP contribution >= 0.6 is 0 Å². The fourth-order valence-electron chi connectivity index (χ4n) is 9.45. The van der Waals surface area contributed by atoms with Crippen LogP contribution in [0.25, 0.3) is 0 Å². The maximum atomic E-state index is 6.13. The molecular weight excluding hydrogens is 641 g/mol. The second kappa shape index (κ2) is 21.4. The molecule has 1 aliphatic rings. The average Bonchev–Trinajstić information content (AvgIpc) is 3.19. The van der Waals surface area contributed by atoms with Crippen LogP contribution in [-0.4, -0.2) is 0 Å². The third kappa shape index (κ3) is 11.5. The molecule has 4 aromatic carbocycles. The standard InChI is InChI=1S/C51H72N2/c1-4-7-9-11-13-15-18-49(43-24-32-47(52)33-25-43)41-20-28-45(29-21-41)51(38-36-40(17-6-3)37-39-51)46-30-22-42(23-31-46)50(19-16-14-12-10-8-5-2)44-26-34-48(53)35-27-44/h20-35,40,49-50H,4-19,36-39,52-53H2,1-3H3. The van der Waals surface area contributed by atoms with Crippen molar-refractivity contribution in [2.24, 2.45) is 5.92 Å². The molecule has 0 heterocycles. The van der Waals surface area contributed by atoms with Gasteiger partial charge in [0.25, 0.3) is 0 Å². The van der Waals surface area contributed by atoms with Gasteiger partial charge in [-0.05, 0) is 102 Å². The van der Waals surface area contributed by atoms with E-state index in [-0.39, 0.29) is 5.41 Å². The summed E-state index contributed by atoms with van der Waals surface area (Å²) in [6.45, 7) is 6.95. The summed E-state index contributed by atoms with van der Waals surface area (Å²) in [5.74, 6) is 1.66. The summed E-state index contributed by atoms with van der Waals surface area (Å²) in [5.41, 5.74) is 22.7. The number of hydrogen-bond acceptors (Lipinski definition) is 2. The fraction of sp³-hybridized carbons (Fsp3) is 0.529. The predicted octanol–water partition coefficient (Wildman–Crippen LogP) is 14.9. The van der Waals surface area contributed by atoms with Crippen LogP contribution in [0.15, 0.2) is 97.1 Å². The zero-order valence-corrected chi connectivity index (χ0v) is 33.8. The minimum atomic E-state index is 0.0627. The Morgan fingerprint density at radius 3 is 1.15 bits per heavy atom. The normalized spacial score (nSPS) is 18.5. The molecule has 0 aliphatic heterocycles. The van der Waals surface area contributed by atoms with Crippen molar-refractivity contribution in [3.05, 3.63) is 130 Å². The lowest BCUT2D eigenvalue weighted by molar-refractivity contribution is 0.253. The number of rotatable bonds is 22. The van der Waals surface area contributed by atoms with E-state index in [4.69, 9.17) is 11.5 Å². The Balaban J connectivity index is 1.40. The Morgan fingerprint density at radius 1 is 0.453 bits per heavy atom. The first-order valence-electron chi connectivity index (χ1n) is 21.9. The highest BCUT2D eigenvalue weighted by Gasteiger charge is 2.38. The molecule has 0 saturated heterocycles. The summed E-state index contributed by atoms with van der Waals surface area (Å²) in [6.07, 6.45) is 26.0. The number of anilines is 2. The van der Waals surface area contributed by atoms with E-state index in [0.29, 0.717) is 11.8 Å². The van der Waals surface area contributed by atoms with E-state index in [9.17, 15) is 0 Å². The van der Waals surface area contributed by atoms with Crippen molar-refractivity contribution in [3.63, 3.8) is 0 Å². The molecule has 0 aromatic heterocycles. The molecule has 0 radical (unpaired) electrons. The SMILES string of the molecule is CCCCCCCCC(c1ccc(N)cc1)c1ccc(C2(c3ccc(C(CCCCCCCC)c4ccc(N)cc4)cc3)CCC(CCC)CC2)cc1. The maximum Gasteiger partial charge on any atom is 0.0314 e. The quantitative estimate of drug-likeness (QED) is 0.0629. The molecule has 1 aliphatic carbocycles. The summed E-state index contributed by atoms with van der Waals surface area (Å²) in [7, 11) is 0. The summed E-state index contributed by atoms with van der Waals surface area (Å²) < 4.78 is 0. The van der Waals surface area contributed by atoms with Gasteiger partial charge in [-0.3, -0.25) is 0 Å². The zero-order valence-electron chi connectivity index (χ0n) is 33.8. The molecule has 1 fully saturated rings. The Morgan fingerprint density at radius 2 is 0.792 bits per heavy atom. The van der Waals surface area contributed by atoms with Crippen molar-refractivity contribution < 1.29 is 0 Å². The summed E-state index contributed by atoms with van der Waals surface area (Å²) in [5, 5.41) is 0. The Hall–Kier alpha value is -3.52. The van der Waals surface area contributed by atoms with E-state index in [1.165, 1.54) is 162 Å². The Kier molecular flexibility index (Phi) is 16.4. The number of hydrogen-bond donors (Lipinski definition) is 2. The van der Waals surface area contributed by atoms with Crippen LogP contribution in [0.3, 0.4) is 0 Å². The monoisotopic (exact) mass is 713 g/mol. The minimum Gasteiger partial charge on any atom is -0.399 e. The molecule has 4 N–H and O–H groups in total. The largest absolute Gasteiger partial charge is 0.399 e. The van der Waals surface area contributed by atoms with Gasteiger partial charge in [-0.1, -0.05) is 183 Å². The van der Waals surface area contributed by atoms with Crippen molar-refractivity contribution in [2.45, 2.75) is 166 Å². The van der Waals surface area contributed by atoms with Gasteiger partial charge in [0.05, 0.1) is 0 Å². The summed E-state index contributed by atoms with van der Waals surface area (Å²) in [4.78, 5) is 0. The zero-order chi connectivity index (χ0) is 37.3. The van der Waals surface area contributed by atoms with Crippen molar-refractivity contribution in [1.82, 2.24) is 0 Å². The van der Waals surface area contributed by atoms with E-state index < -0.39 is 0 Å². The summed E-state index contributed by atoms with van der Waals surface area (Å²) in [6, 6.07) is 37.3. The third-order valence-electron chi connectivity index (χ3n) is 12.8. The lowest BCUT2D eigenvalue weighted by Crippen LogP contribution is -2.33. The topological polar surface area (TPSA) is 52.0 Å². The molecule has 2 heteroatoms. The smallest absolute Gasteiger partial charge is 0.0314 e.